The van der Waals surface area contributed by atoms with Gasteiger partial charge in [-0.15, -0.1) is 0 Å². The van der Waals surface area contributed by atoms with E-state index >= 15 is 0 Å². The first-order chi connectivity index (χ1) is 9.20. The van der Waals surface area contributed by atoms with Crippen molar-refractivity contribution in [2.24, 2.45) is 0 Å². The molecule has 0 amide bonds. The summed E-state index contributed by atoms with van der Waals surface area (Å²) < 4.78 is 52.0. The molecule has 0 bridgehead atoms. The summed E-state index contributed by atoms with van der Waals surface area (Å²) in [6.07, 6.45) is -4.33. The van der Waals surface area contributed by atoms with Crippen molar-refractivity contribution < 1.29 is 17.6 Å². The minimum atomic E-state index is -4.72. The summed E-state index contributed by atoms with van der Waals surface area (Å²) in [6.45, 7) is 0. The molecule has 0 aliphatic carbocycles. The van der Waals surface area contributed by atoms with E-state index in [2.05, 4.69) is 4.98 Å². The van der Waals surface area contributed by atoms with Gasteiger partial charge in [0.2, 0.25) is 5.95 Å². The largest absolute Gasteiger partial charge is 0.418 e. The third-order valence-electron chi connectivity index (χ3n) is 2.45. The van der Waals surface area contributed by atoms with Gasteiger partial charge in [-0.25, -0.2) is 4.98 Å². The van der Waals surface area contributed by atoms with E-state index in [0.717, 1.165) is 0 Å². The van der Waals surface area contributed by atoms with Gasteiger partial charge < -0.3 is 0 Å². The number of hydrogen-bond acceptors (Lipinski definition) is 1. The average molecular weight is 345 g/mol. The summed E-state index contributed by atoms with van der Waals surface area (Å²) in [4.78, 5) is 3.01. The first-order valence-electron chi connectivity index (χ1n) is 5.08. The lowest BCUT2D eigenvalue weighted by Crippen LogP contribution is -2.09. The van der Waals surface area contributed by atoms with Gasteiger partial charge in [0.1, 0.15) is 0 Å². The van der Waals surface area contributed by atoms with Crippen molar-refractivity contribution >= 4 is 34.8 Å². The third-order valence-corrected chi connectivity index (χ3v) is 3.27. The Morgan fingerprint density at radius 1 is 0.950 bits per heavy atom. The maximum Gasteiger partial charge on any atom is 0.418 e. The Hall–Kier alpha value is -1.04. The fraction of sp³-hybridized carbons (Fsp3) is 0.0833. The number of halogens is 7. The second-order valence-electron chi connectivity index (χ2n) is 3.79. The number of hydrogen-bond donors (Lipinski definition) is 0. The van der Waals surface area contributed by atoms with Crippen molar-refractivity contribution in [3.05, 3.63) is 51.0 Å². The predicted octanol–water partition coefficient (Wildman–Crippen LogP) is 5.87. The van der Waals surface area contributed by atoms with Crippen molar-refractivity contribution in [2.45, 2.75) is 6.18 Å². The molecule has 20 heavy (non-hydrogen) atoms. The number of aromatic nitrogens is 1. The topological polar surface area (TPSA) is 12.9 Å². The quantitative estimate of drug-likeness (QED) is 0.466. The number of nitrogens with zero attached hydrogens (tertiary/aromatic N) is 1. The van der Waals surface area contributed by atoms with Crippen LogP contribution in [-0.4, -0.2) is 4.98 Å². The Balaban J connectivity index is 2.79. The molecule has 0 N–H and O–H groups in total. The molecule has 2 aromatic rings. The van der Waals surface area contributed by atoms with Gasteiger partial charge >= 0.3 is 6.18 Å². The zero-order valence-corrected chi connectivity index (χ0v) is 11.7. The molecule has 1 heterocycles. The van der Waals surface area contributed by atoms with Gasteiger partial charge in [-0.2, -0.15) is 17.6 Å². The summed E-state index contributed by atoms with van der Waals surface area (Å²) >= 11 is 17.4. The fourth-order valence-corrected chi connectivity index (χ4v) is 2.68. The van der Waals surface area contributed by atoms with Crippen LogP contribution < -0.4 is 0 Å². The van der Waals surface area contributed by atoms with Crippen LogP contribution in [0.4, 0.5) is 17.6 Å². The summed E-state index contributed by atoms with van der Waals surface area (Å²) in [7, 11) is 0. The first-order valence-corrected chi connectivity index (χ1v) is 6.21. The number of benzene rings is 1. The zero-order chi connectivity index (χ0) is 15.1. The predicted molar refractivity (Wildman–Crippen MR) is 69.7 cm³/mol. The first kappa shape index (κ1) is 15.4. The third kappa shape index (κ3) is 3.00. The minimum absolute atomic E-state index is 0.112. The molecule has 0 atom stereocenters. The van der Waals surface area contributed by atoms with E-state index in [1.165, 1.54) is 12.1 Å². The second-order valence-corrected chi connectivity index (χ2v) is 5.05. The van der Waals surface area contributed by atoms with Crippen LogP contribution in [0.2, 0.25) is 15.1 Å². The molecule has 0 saturated carbocycles. The Morgan fingerprint density at radius 3 is 2.00 bits per heavy atom. The highest BCUT2D eigenvalue weighted by atomic mass is 35.5. The molecule has 0 unspecified atom stereocenters. The van der Waals surface area contributed by atoms with Crippen molar-refractivity contribution in [3.8, 4) is 11.1 Å². The highest BCUT2D eigenvalue weighted by Crippen LogP contribution is 2.43. The molecule has 0 aliphatic heterocycles. The smallest absolute Gasteiger partial charge is 0.228 e. The molecular weight excluding hydrogens is 340 g/mol. The van der Waals surface area contributed by atoms with Gasteiger partial charge in [0, 0.05) is 28.4 Å². The normalized spacial score (nSPS) is 11.8. The monoisotopic (exact) mass is 343 g/mol. The van der Waals surface area contributed by atoms with Crippen LogP contribution in [0.1, 0.15) is 5.56 Å². The van der Waals surface area contributed by atoms with Crippen LogP contribution in [0.5, 0.6) is 0 Å². The summed E-state index contributed by atoms with van der Waals surface area (Å²) in [6, 6.07) is 3.08. The molecule has 2 rings (SSSR count). The van der Waals surface area contributed by atoms with E-state index < -0.39 is 23.3 Å². The van der Waals surface area contributed by atoms with Crippen LogP contribution in [0, 0.1) is 5.95 Å². The van der Waals surface area contributed by atoms with Crippen LogP contribution in [-0.2, 0) is 6.18 Å². The molecule has 0 radical (unpaired) electrons. The molecular formula is C12H4Cl3F4N. The fourth-order valence-electron chi connectivity index (χ4n) is 1.66. The molecule has 0 saturated heterocycles. The Bertz CT molecular complexity index is 647. The van der Waals surface area contributed by atoms with E-state index in [9.17, 15) is 17.6 Å². The standard InChI is InChI=1S/C12H4Cl3F4N/c13-5-1-8(14)11(9(15)2-5)6-3-10(16)20-4-7(6)12(17,18)19/h1-4H. The summed E-state index contributed by atoms with van der Waals surface area (Å²) in [5.41, 5.74) is -1.77. The highest BCUT2D eigenvalue weighted by molar-refractivity contribution is 6.41. The molecule has 1 aromatic carbocycles. The number of pyridine rings is 1. The second kappa shape index (κ2) is 5.39. The van der Waals surface area contributed by atoms with Crippen molar-refractivity contribution in [1.29, 1.82) is 0 Å². The van der Waals surface area contributed by atoms with E-state index in [1.54, 1.807) is 0 Å². The van der Waals surface area contributed by atoms with Gasteiger partial charge in [0.25, 0.3) is 0 Å². The molecule has 0 spiro atoms. The zero-order valence-electron chi connectivity index (χ0n) is 9.40. The Kier molecular flexibility index (Phi) is 4.14. The lowest BCUT2D eigenvalue weighted by Gasteiger charge is -2.15. The summed E-state index contributed by atoms with van der Waals surface area (Å²) in [5, 5.41) is -0.0657. The van der Waals surface area contributed by atoms with Gasteiger partial charge in [0.05, 0.1) is 15.6 Å². The highest BCUT2D eigenvalue weighted by Gasteiger charge is 2.35. The number of rotatable bonds is 1. The molecule has 0 aliphatic rings. The van der Waals surface area contributed by atoms with Crippen LogP contribution in [0.15, 0.2) is 24.4 Å². The SMILES string of the molecule is Fc1cc(-c2c(Cl)cc(Cl)cc2Cl)c(C(F)(F)F)cn1. The minimum Gasteiger partial charge on any atom is -0.228 e. The van der Waals surface area contributed by atoms with Gasteiger partial charge in [-0.1, -0.05) is 34.8 Å². The molecule has 8 heteroatoms. The van der Waals surface area contributed by atoms with E-state index in [1.807, 2.05) is 0 Å². The maximum atomic E-state index is 13.2. The van der Waals surface area contributed by atoms with Gasteiger partial charge in [-0.3, -0.25) is 0 Å². The van der Waals surface area contributed by atoms with Crippen molar-refractivity contribution in [3.63, 3.8) is 0 Å². The van der Waals surface area contributed by atoms with Crippen molar-refractivity contribution in [2.75, 3.05) is 0 Å². The average Bonchev–Trinajstić information content (AvgIpc) is 2.25. The van der Waals surface area contributed by atoms with Gasteiger partial charge in [0.15, 0.2) is 0 Å². The van der Waals surface area contributed by atoms with Crippen molar-refractivity contribution in [1.82, 2.24) is 4.98 Å². The van der Waals surface area contributed by atoms with Crippen LogP contribution in [0.25, 0.3) is 11.1 Å². The van der Waals surface area contributed by atoms with E-state index in [0.29, 0.717) is 12.3 Å². The molecule has 1 nitrogen and oxygen atoms in total. The Morgan fingerprint density at radius 2 is 1.50 bits per heavy atom. The van der Waals surface area contributed by atoms with Crippen LogP contribution >= 0.6 is 34.8 Å². The molecule has 0 fully saturated rings. The summed E-state index contributed by atoms with van der Waals surface area (Å²) in [5.74, 6) is -1.07. The van der Waals surface area contributed by atoms with Crippen LogP contribution in [0.3, 0.4) is 0 Å². The lowest BCUT2D eigenvalue weighted by molar-refractivity contribution is -0.137. The molecule has 106 valence electrons. The maximum absolute atomic E-state index is 13.2. The lowest BCUT2D eigenvalue weighted by atomic mass is 10.0. The van der Waals surface area contributed by atoms with E-state index in [-0.39, 0.29) is 20.6 Å². The number of alkyl halides is 3. The van der Waals surface area contributed by atoms with Gasteiger partial charge in [-0.05, 0) is 12.1 Å². The van der Waals surface area contributed by atoms with E-state index in [4.69, 9.17) is 34.8 Å². The molecule has 1 aromatic heterocycles. The Labute approximate surface area is 126 Å².